The number of nitrogens with zero attached hydrogens (tertiary/aromatic N) is 5. The van der Waals surface area contributed by atoms with Gasteiger partial charge < -0.3 is 19.6 Å². The Morgan fingerprint density at radius 2 is 1.97 bits per heavy atom. The zero-order valence-corrected chi connectivity index (χ0v) is 23.6. The van der Waals surface area contributed by atoms with Crippen LogP contribution in [0.2, 0.25) is 0 Å². The van der Waals surface area contributed by atoms with Crippen molar-refractivity contribution in [3.63, 3.8) is 0 Å². The average Bonchev–Trinajstić information content (AvgIpc) is 3.54. The number of ether oxygens (including phenoxy) is 1. The Kier molecular flexibility index (Phi) is 10.3. The summed E-state index contributed by atoms with van der Waals surface area (Å²) >= 11 is 0. The lowest BCUT2D eigenvalue weighted by Gasteiger charge is -2.30. The number of carboxylic acid groups (broad SMARTS) is 1. The lowest BCUT2D eigenvalue weighted by atomic mass is 9.83. The third kappa shape index (κ3) is 7.54. The van der Waals surface area contributed by atoms with Gasteiger partial charge in [0.05, 0.1) is 19.1 Å². The van der Waals surface area contributed by atoms with Crippen LogP contribution >= 0.6 is 0 Å². The summed E-state index contributed by atoms with van der Waals surface area (Å²) in [6.45, 7) is 5.94. The van der Waals surface area contributed by atoms with E-state index in [0.717, 1.165) is 61.3 Å². The summed E-state index contributed by atoms with van der Waals surface area (Å²) in [5.41, 5.74) is 3.03. The van der Waals surface area contributed by atoms with Crippen LogP contribution in [0.5, 0.6) is 5.75 Å². The van der Waals surface area contributed by atoms with Gasteiger partial charge in [-0.05, 0) is 69.6 Å². The SMILES string of the molecule is CCCCN(CCCN(C)C)C(=O)CN1C[C@H](c2ccc3c(c2)CCO3)[C@@H](C(=O)O)[C@@H]1CCc1ccncn1. The van der Waals surface area contributed by atoms with Gasteiger partial charge in [-0.3, -0.25) is 14.5 Å². The maximum Gasteiger partial charge on any atom is 0.308 e. The number of hydrogen-bond acceptors (Lipinski definition) is 7. The predicted octanol–water partition coefficient (Wildman–Crippen LogP) is 3.09. The second kappa shape index (κ2) is 13.8. The fourth-order valence-corrected chi connectivity index (χ4v) is 5.95. The molecule has 9 heteroatoms. The molecule has 3 heterocycles. The van der Waals surface area contributed by atoms with Crippen molar-refractivity contribution < 1.29 is 19.4 Å². The van der Waals surface area contributed by atoms with Crippen LogP contribution in [-0.4, -0.2) is 101 Å². The molecule has 0 bridgehead atoms. The summed E-state index contributed by atoms with van der Waals surface area (Å²) in [4.78, 5) is 41.0. The lowest BCUT2D eigenvalue weighted by molar-refractivity contribution is -0.143. The Balaban J connectivity index is 1.56. The van der Waals surface area contributed by atoms with Gasteiger partial charge in [-0.2, -0.15) is 0 Å². The van der Waals surface area contributed by atoms with E-state index in [0.29, 0.717) is 32.5 Å². The lowest BCUT2D eigenvalue weighted by Crippen LogP contribution is -2.45. The second-order valence-electron chi connectivity index (χ2n) is 11.1. The molecule has 1 amide bonds. The Morgan fingerprint density at radius 3 is 2.69 bits per heavy atom. The maximum absolute atomic E-state index is 13.7. The van der Waals surface area contributed by atoms with E-state index in [4.69, 9.17) is 4.74 Å². The summed E-state index contributed by atoms with van der Waals surface area (Å²) in [7, 11) is 4.09. The number of aliphatic carboxylic acids is 1. The van der Waals surface area contributed by atoms with E-state index in [1.165, 1.54) is 6.33 Å². The van der Waals surface area contributed by atoms with Crippen LogP contribution in [0.25, 0.3) is 0 Å². The molecule has 9 nitrogen and oxygen atoms in total. The molecule has 2 aliphatic heterocycles. The van der Waals surface area contributed by atoms with Crippen molar-refractivity contribution in [2.24, 2.45) is 5.92 Å². The number of carboxylic acids is 1. The van der Waals surface area contributed by atoms with Crippen LogP contribution in [-0.2, 0) is 22.4 Å². The molecule has 39 heavy (non-hydrogen) atoms. The molecule has 0 unspecified atom stereocenters. The molecule has 0 saturated carbocycles. The van der Waals surface area contributed by atoms with Crippen molar-refractivity contribution in [3.05, 3.63) is 53.6 Å². The number of rotatable bonds is 14. The molecule has 1 N–H and O–H groups in total. The Morgan fingerprint density at radius 1 is 1.15 bits per heavy atom. The number of carbonyl (C=O) groups is 2. The van der Waals surface area contributed by atoms with Crippen LogP contribution in [0.3, 0.4) is 0 Å². The van der Waals surface area contributed by atoms with E-state index in [1.807, 2.05) is 37.2 Å². The molecular weight excluding hydrogens is 494 g/mol. The van der Waals surface area contributed by atoms with Crippen molar-refractivity contribution >= 4 is 11.9 Å². The number of unbranched alkanes of at least 4 members (excludes halogenated alkanes) is 1. The number of hydrogen-bond donors (Lipinski definition) is 1. The third-order valence-electron chi connectivity index (χ3n) is 8.02. The van der Waals surface area contributed by atoms with Gasteiger partial charge in [0.15, 0.2) is 0 Å². The monoisotopic (exact) mass is 537 g/mol. The highest BCUT2D eigenvalue weighted by atomic mass is 16.5. The molecular formula is C30H43N5O4. The third-order valence-corrected chi connectivity index (χ3v) is 8.02. The van der Waals surface area contributed by atoms with Crippen molar-refractivity contribution in [1.82, 2.24) is 24.7 Å². The van der Waals surface area contributed by atoms with Gasteiger partial charge in [0, 0.05) is 49.9 Å². The van der Waals surface area contributed by atoms with Gasteiger partial charge in [0.2, 0.25) is 5.91 Å². The van der Waals surface area contributed by atoms with Crippen molar-refractivity contribution in [3.8, 4) is 5.75 Å². The van der Waals surface area contributed by atoms with Gasteiger partial charge in [-0.15, -0.1) is 0 Å². The molecule has 2 aliphatic rings. The first-order valence-electron chi connectivity index (χ1n) is 14.3. The largest absolute Gasteiger partial charge is 0.493 e. The topological polar surface area (TPSA) is 99.1 Å². The van der Waals surface area contributed by atoms with Crippen molar-refractivity contribution in [2.45, 2.75) is 57.4 Å². The first-order valence-corrected chi connectivity index (χ1v) is 14.3. The van der Waals surface area contributed by atoms with Gasteiger partial charge in [0.1, 0.15) is 12.1 Å². The molecule has 1 fully saturated rings. The number of fused-ring (bicyclic) bond motifs is 1. The van der Waals surface area contributed by atoms with E-state index in [1.54, 1.807) is 6.20 Å². The molecule has 0 radical (unpaired) electrons. The minimum Gasteiger partial charge on any atom is -0.493 e. The van der Waals surface area contributed by atoms with E-state index < -0.39 is 11.9 Å². The van der Waals surface area contributed by atoms with Gasteiger partial charge in [-0.25, -0.2) is 9.97 Å². The average molecular weight is 538 g/mol. The molecule has 1 aromatic heterocycles. The highest BCUT2D eigenvalue weighted by molar-refractivity contribution is 5.79. The molecule has 1 saturated heterocycles. The Bertz CT molecular complexity index is 1100. The maximum atomic E-state index is 13.7. The fourth-order valence-electron chi connectivity index (χ4n) is 5.95. The summed E-state index contributed by atoms with van der Waals surface area (Å²) < 4.78 is 5.69. The van der Waals surface area contributed by atoms with Crippen LogP contribution < -0.4 is 4.74 Å². The van der Waals surface area contributed by atoms with Gasteiger partial charge in [-0.1, -0.05) is 25.5 Å². The molecule has 4 rings (SSSR count). The van der Waals surface area contributed by atoms with Gasteiger partial charge in [0.25, 0.3) is 0 Å². The van der Waals surface area contributed by atoms with Crippen molar-refractivity contribution in [1.29, 1.82) is 0 Å². The Hall–Kier alpha value is -3.04. The molecule has 1 aromatic carbocycles. The summed E-state index contributed by atoms with van der Waals surface area (Å²) in [6, 6.07) is 7.69. The smallest absolute Gasteiger partial charge is 0.308 e. The minimum atomic E-state index is -0.812. The number of carbonyl (C=O) groups excluding carboxylic acids is 1. The highest BCUT2D eigenvalue weighted by Gasteiger charge is 2.47. The van der Waals surface area contributed by atoms with Gasteiger partial charge >= 0.3 is 5.97 Å². The number of aryl methyl sites for hydroxylation is 1. The van der Waals surface area contributed by atoms with E-state index in [2.05, 4.69) is 32.8 Å². The van der Waals surface area contributed by atoms with Crippen LogP contribution in [0.4, 0.5) is 0 Å². The summed E-state index contributed by atoms with van der Waals surface area (Å²) in [5, 5.41) is 10.5. The number of amides is 1. The first-order chi connectivity index (χ1) is 18.9. The normalized spacial score (nSPS) is 20.7. The van der Waals surface area contributed by atoms with Crippen LogP contribution in [0.1, 0.15) is 55.3 Å². The zero-order chi connectivity index (χ0) is 27.8. The Labute approximate surface area is 232 Å². The molecule has 0 spiro atoms. The molecule has 2 aromatic rings. The summed E-state index contributed by atoms with van der Waals surface area (Å²) in [6.07, 6.45) is 8.21. The van der Waals surface area contributed by atoms with Crippen LogP contribution in [0.15, 0.2) is 36.8 Å². The number of likely N-dealkylation sites (tertiary alicyclic amines) is 1. The highest BCUT2D eigenvalue weighted by Crippen LogP contribution is 2.41. The number of aromatic nitrogens is 2. The van der Waals surface area contributed by atoms with E-state index in [9.17, 15) is 14.7 Å². The van der Waals surface area contributed by atoms with E-state index >= 15 is 0 Å². The second-order valence-corrected chi connectivity index (χ2v) is 11.1. The fraction of sp³-hybridized carbons (Fsp3) is 0.600. The standard InChI is InChI=1S/C30H43N5O4/c1-4-5-15-34(16-6-14-33(2)3)28(36)20-35-19-25(22-7-10-27-23(18-22)12-17-39-27)29(30(37)38)26(35)9-8-24-11-13-31-21-32-24/h7,10-11,13,18,21,25-26,29H,4-6,8-9,12,14-17,19-20H2,1-3H3,(H,37,38)/t25-,26+,29-/m1/s1. The quantitative estimate of drug-likeness (QED) is 0.393. The number of benzene rings is 1. The zero-order valence-electron chi connectivity index (χ0n) is 23.6. The summed E-state index contributed by atoms with van der Waals surface area (Å²) in [5.74, 6) is -0.651. The van der Waals surface area contributed by atoms with Crippen LogP contribution in [0, 0.1) is 5.92 Å². The molecule has 0 aliphatic carbocycles. The first kappa shape index (κ1) is 29.0. The molecule has 212 valence electrons. The minimum absolute atomic E-state index is 0.0846. The predicted molar refractivity (Wildman–Crippen MR) is 150 cm³/mol. The van der Waals surface area contributed by atoms with Crippen molar-refractivity contribution in [2.75, 3.05) is 53.4 Å². The molecule has 3 atom stereocenters. The van der Waals surface area contributed by atoms with E-state index in [-0.39, 0.29) is 24.4 Å².